The van der Waals surface area contributed by atoms with Crippen molar-refractivity contribution in [2.45, 2.75) is 71.1 Å². The molecule has 0 radical (unpaired) electrons. The van der Waals surface area contributed by atoms with Gasteiger partial charge in [-0.1, -0.05) is 76.8 Å². The molecule has 0 N–H and O–H groups in total. The third-order valence-corrected chi connectivity index (χ3v) is 4.25. The first kappa shape index (κ1) is 21.3. The van der Waals surface area contributed by atoms with Crippen molar-refractivity contribution in [2.75, 3.05) is 13.2 Å². The molecular formula is C20H31NO4. The molecule has 0 atom stereocenters. The van der Waals surface area contributed by atoms with Crippen LogP contribution in [0.4, 0.5) is 5.69 Å². The summed E-state index contributed by atoms with van der Waals surface area (Å²) in [5.41, 5.74) is 0.262. The van der Waals surface area contributed by atoms with E-state index < -0.39 is 4.92 Å². The van der Waals surface area contributed by atoms with Crippen LogP contribution in [0.5, 0.6) is 0 Å². The van der Waals surface area contributed by atoms with Crippen LogP contribution in [-0.2, 0) is 4.74 Å². The van der Waals surface area contributed by atoms with Crippen molar-refractivity contribution in [3.8, 4) is 0 Å². The summed E-state index contributed by atoms with van der Waals surface area (Å²) in [5, 5.41) is 10.7. The molecular weight excluding hydrogens is 318 g/mol. The van der Waals surface area contributed by atoms with Crippen molar-refractivity contribution in [1.29, 1.82) is 0 Å². The van der Waals surface area contributed by atoms with Crippen LogP contribution in [0.2, 0.25) is 0 Å². The van der Waals surface area contributed by atoms with Gasteiger partial charge in [0.25, 0.3) is 5.69 Å². The van der Waals surface area contributed by atoms with Gasteiger partial charge in [0, 0.05) is 24.3 Å². The van der Waals surface area contributed by atoms with Gasteiger partial charge in [-0.3, -0.25) is 14.9 Å². The monoisotopic (exact) mass is 349 g/mol. The molecule has 140 valence electrons. The molecule has 0 heterocycles. The Hall–Kier alpha value is -1.75. The Morgan fingerprint density at radius 2 is 1.60 bits per heavy atom. The maximum absolute atomic E-state index is 12.0. The van der Waals surface area contributed by atoms with Crippen LogP contribution >= 0.6 is 0 Å². The fourth-order valence-electron chi connectivity index (χ4n) is 2.73. The van der Waals surface area contributed by atoms with Gasteiger partial charge in [0.1, 0.15) is 6.61 Å². The van der Waals surface area contributed by atoms with E-state index in [1.165, 1.54) is 69.6 Å². The van der Waals surface area contributed by atoms with E-state index in [1.54, 1.807) is 6.07 Å². The third kappa shape index (κ3) is 9.97. The van der Waals surface area contributed by atoms with Crippen molar-refractivity contribution >= 4 is 11.5 Å². The van der Waals surface area contributed by atoms with Gasteiger partial charge in [0.2, 0.25) is 0 Å². The van der Waals surface area contributed by atoms with Gasteiger partial charge in [-0.15, -0.1) is 0 Å². The SMILES string of the molecule is CCCCCCCCCCCCOCC(=O)c1cccc([N+](=O)[O-])c1. The van der Waals surface area contributed by atoms with E-state index in [1.807, 2.05) is 0 Å². The minimum absolute atomic E-state index is 0.0153. The first-order valence-corrected chi connectivity index (χ1v) is 9.50. The Balaban J connectivity index is 2.02. The molecule has 0 bridgehead atoms. The number of non-ortho nitro benzene ring substituents is 1. The van der Waals surface area contributed by atoms with Crippen LogP contribution in [0, 0.1) is 10.1 Å². The quantitative estimate of drug-likeness (QED) is 0.176. The molecule has 0 saturated heterocycles. The number of benzene rings is 1. The number of hydrogen-bond acceptors (Lipinski definition) is 4. The number of carbonyl (C=O) groups excluding carboxylic acids is 1. The lowest BCUT2D eigenvalue weighted by Crippen LogP contribution is -2.10. The second-order valence-corrected chi connectivity index (χ2v) is 6.47. The molecule has 0 aliphatic rings. The van der Waals surface area contributed by atoms with E-state index in [4.69, 9.17) is 4.74 Å². The maximum atomic E-state index is 12.0. The topological polar surface area (TPSA) is 69.4 Å². The Morgan fingerprint density at radius 3 is 2.20 bits per heavy atom. The van der Waals surface area contributed by atoms with Crippen LogP contribution in [0.3, 0.4) is 0 Å². The highest BCUT2D eigenvalue weighted by molar-refractivity contribution is 5.97. The van der Waals surface area contributed by atoms with Gasteiger partial charge in [0.15, 0.2) is 5.78 Å². The molecule has 0 amide bonds. The fraction of sp³-hybridized carbons (Fsp3) is 0.650. The molecule has 1 aromatic rings. The molecule has 0 spiro atoms. The zero-order valence-corrected chi connectivity index (χ0v) is 15.4. The largest absolute Gasteiger partial charge is 0.373 e. The number of rotatable bonds is 15. The van der Waals surface area contributed by atoms with Gasteiger partial charge < -0.3 is 4.74 Å². The van der Waals surface area contributed by atoms with E-state index in [-0.39, 0.29) is 18.1 Å². The number of nitro benzene ring substituents is 1. The molecule has 25 heavy (non-hydrogen) atoms. The van der Waals surface area contributed by atoms with E-state index in [9.17, 15) is 14.9 Å². The van der Waals surface area contributed by atoms with E-state index >= 15 is 0 Å². The highest BCUT2D eigenvalue weighted by atomic mass is 16.6. The summed E-state index contributed by atoms with van der Waals surface area (Å²) < 4.78 is 5.40. The highest BCUT2D eigenvalue weighted by Crippen LogP contribution is 2.14. The maximum Gasteiger partial charge on any atom is 0.270 e. The van der Waals surface area contributed by atoms with Gasteiger partial charge >= 0.3 is 0 Å². The van der Waals surface area contributed by atoms with Crippen LogP contribution in [0.15, 0.2) is 24.3 Å². The van der Waals surface area contributed by atoms with E-state index in [0.717, 1.165) is 12.8 Å². The van der Waals surface area contributed by atoms with Gasteiger partial charge in [-0.05, 0) is 6.42 Å². The molecule has 0 fully saturated rings. The lowest BCUT2D eigenvalue weighted by molar-refractivity contribution is -0.384. The Bertz CT molecular complexity index is 516. The third-order valence-electron chi connectivity index (χ3n) is 4.25. The summed E-state index contributed by atoms with van der Waals surface area (Å²) >= 11 is 0. The summed E-state index contributed by atoms with van der Waals surface area (Å²) in [7, 11) is 0. The van der Waals surface area contributed by atoms with Crippen LogP contribution < -0.4 is 0 Å². The zero-order chi connectivity index (χ0) is 18.3. The molecule has 1 aromatic carbocycles. The number of nitrogens with zero attached hydrogens (tertiary/aromatic N) is 1. The number of Topliss-reactive ketones (excluding diaryl/α,β-unsaturated/α-hetero) is 1. The minimum Gasteiger partial charge on any atom is -0.373 e. The van der Waals surface area contributed by atoms with Gasteiger partial charge in [0.05, 0.1) is 4.92 Å². The number of ketones is 1. The normalized spacial score (nSPS) is 10.8. The zero-order valence-electron chi connectivity index (χ0n) is 15.4. The number of nitro groups is 1. The number of carbonyl (C=O) groups is 1. The Kier molecular flexibility index (Phi) is 11.5. The summed E-state index contributed by atoms with van der Waals surface area (Å²) in [5.74, 6) is -0.212. The summed E-state index contributed by atoms with van der Waals surface area (Å²) in [4.78, 5) is 22.2. The first-order valence-electron chi connectivity index (χ1n) is 9.50. The Labute approximate surface area is 150 Å². The van der Waals surface area contributed by atoms with E-state index in [0.29, 0.717) is 12.2 Å². The van der Waals surface area contributed by atoms with Crippen LogP contribution in [0.25, 0.3) is 0 Å². The lowest BCUT2D eigenvalue weighted by atomic mass is 10.1. The number of unbranched alkanes of at least 4 members (excludes halogenated alkanes) is 9. The smallest absolute Gasteiger partial charge is 0.270 e. The van der Waals surface area contributed by atoms with Crippen molar-refractivity contribution < 1.29 is 14.5 Å². The van der Waals surface area contributed by atoms with Gasteiger partial charge in [-0.25, -0.2) is 0 Å². The molecule has 0 aliphatic heterocycles. The average Bonchev–Trinajstić information content (AvgIpc) is 2.62. The predicted octanol–water partition coefficient (Wildman–Crippen LogP) is 5.72. The minimum atomic E-state index is -0.499. The van der Waals surface area contributed by atoms with Crippen molar-refractivity contribution in [1.82, 2.24) is 0 Å². The van der Waals surface area contributed by atoms with Crippen LogP contribution in [-0.4, -0.2) is 23.9 Å². The van der Waals surface area contributed by atoms with E-state index in [2.05, 4.69) is 6.92 Å². The molecule has 0 aromatic heterocycles. The summed E-state index contributed by atoms with van der Waals surface area (Å²) in [6, 6.07) is 5.78. The fourth-order valence-corrected chi connectivity index (χ4v) is 2.73. The predicted molar refractivity (Wildman–Crippen MR) is 100 cm³/mol. The lowest BCUT2D eigenvalue weighted by Gasteiger charge is -2.05. The van der Waals surface area contributed by atoms with Crippen molar-refractivity contribution in [2.24, 2.45) is 0 Å². The standard InChI is InChI=1S/C20H31NO4/c1-2-3-4-5-6-7-8-9-10-11-15-25-17-20(22)18-13-12-14-19(16-18)21(23)24/h12-14,16H,2-11,15,17H2,1H3. The second kappa shape index (κ2) is 13.5. The second-order valence-electron chi connectivity index (χ2n) is 6.47. The molecule has 0 saturated carbocycles. The number of ether oxygens (including phenoxy) is 1. The van der Waals surface area contributed by atoms with Crippen molar-refractivity contribution in [3.05, 3.63) is 39.9 Å². The molecule has 1 rings (SSSR count). The average molecular weight is 349 g/mol. The molecule has 5 heteroatoms. The molecule has 0 aliphatic carbocycles. The summed E-state index contributed by atoms with van der Waals surface area (Å²) in [6.07, 6.45) is 12.6. The van der Waals surface area contributed by atoms with Gasteiger partial charge in [-0.2, -0.15) is 0 Å². The molecule has 5 nitrogen and oxygen atoms in total. The van der Waals surface area contributed by atoms with Crippen LogP contribution in [0.1, 0.15) is 81.5 Å². The molecule has 0 unspecified atom stereocenters. The highest BCUT2D eigenvalue weighted by Gasteiger charge is 2.11. The number of hydrogen-bond donors (Lipinski definition) is 0. The Morgan fingerprint density at radius 1 is 1.00 bits per heavy atom. The first-order chi connectivity index (χ1) is 12.1. The van der Waals surface area contributed by atoms with Crippen molar-refractivity contribution in [3.63, 3.8) is 0 Å². The summed E-state index contributed by atoms with van der Waals surface area (Å²) in [6.45, 7) is 2.79.